The topological polar surface area (TPSA) is 17.1 Å². The molecule has 0 amide bonds. The van der Waals surface area contributed by atoms with Gasteiger partial charge in [0.1, 0.15) is 0 Å². The van der Waals surface area contributed by atoms with Gasteiger partial charge in [0.05, 0.1) is 0 Å². The normalized spacial score (nSPS) is 27.9. The van der Waals surface area contributed by atoms with E-state index in [-0.39, 0.29) is 5.78 Å². The molecular formula is C15H20O. The van der Waals surface area contributed by atoms with Crippen LogP contribution in [0, 0.1) is 12.8 Å². The van der Waals surface area contributed by atoms with Gasteiger partial charge in [0.25, 0.3) is 0 Å². The predicted molar refractivity (Wildman–Crippen MR) is 67.2 cm³/mol. The minimum atomic E-state index is 0.180. The van der Waals surface area contributed by atoms with E-state index in [0.29, 0.717) is 17.8 Å². The predicted octanol–water partition coefficient (Wildman–Crippen LogP) is 4.05. The second-order valence-electron chi connectivity index (χ2n) is 5.29. The summed E-state index contributed by atoms with van der Waals surface area (Å²) in [7, 11) is 0. The maximum Gasteiger partial charge on any atom is 0.160 e. The molecule has 0 aromatic heterocycles. The molecule has 0 fully saturated rings. The number of ketones is 1. The second-order valence-corrected chi connectivity index (χ2v) is 5.29. The Labute approximate surface area is 97.9 Å². The van der Waals surface area contributed by atoms with Crippen molar-refractivity contribution in [2.75, 3.05) is 0 Å². The van der Waals surface area contributed by atoms with Crippen molar-refractivity contribution >= 4 is 5.78 Å². The smallest absolute Gasteiger partial charge is 0.160 e. The van der Waals surface area contributed by atoms with Crippen molar-refractivity contribution in [3.05, 3.63) is 34.4 Å². The number of fused-ring (bicyclic) bond motifs is 1. The highest BCUT2D eigenvalue weighted by Crippen LogP contribution is 2.46. The number of rotatable bonds is 1. The number of hydrogen-bond donors (Lipinski definition) is 0. The Morgan fingerprint density at radius 3 is 2.06 bits per heavy atom. The Morgan fingerprint density at radius 1 is 1.06 bits per heavy atom. The lowest BCUT2D eigenvalue weighted by Crippen LogP contribution is -2.02. The summed E-state index contributed by atoms with van der Waals surface area (Å²) in [6, 6.07) is 4.34. The number of hydrogen-bond acceptors (Lipinski definition) is 1. The first-order valence-electron chi connectivity index (χ1n) is 6.08. The highest BCUT2D eigenvalue weighted by Gasteiger charge is 2.33. The first-order chi connectivity index (χ1) is 7.43. The highest BCUT2D eigenvalue weighted by molar-refractivity contribution is 5.96. The number of aryl methyl sites for hydroxylation is 1. The third kappa shape index (κ3) is 1.50. The molecular weight excluding hydrogens is 196 g/mol. The molecule has 0 saturated heterocycles. The molecule has 1 aromatic carbocycles. The molecule has 86 valence electrons. The van der Waals surface area contributed by atoms with Crippen LogP contribution < -0.4 is 0 Å². The van der Waals surface area contributed by atoms with Gasteiger partial charge in [-0.05, 0) is 54.4 Å². The van der Waals surface area contributed by atoms with Gasteiger partial charge in [0.2, 0.25) is 0 Å². The van der Waals surface area contributed by atoms with Gasteiger partial charge in [0, 0.05) is 5.56 Å². The molecule has 1 aliphatic carbocycles. The van der Waals surface area contributed by atoms with Gasteiger partial charge in [-0.2, -0.15) is 0 Å². The summed E-state index contributed by atoms with van der Waals surface area (Å²) in [5, 5.41) is 0. The van der Waals surface area contributed by atoms with Crippen LogP contribution in [0.3, 0.4) is 0 Å². The Bertz CT molecular complexity index is 445. The van der Waals surface area contributed by atoms with Gasteiger partial charge in [-0.3, -0.25) is 4.79 Å². The van der Waals surface area contributed by atoms with Gasteiger partial charge < -0.3 is 0 Å². The fourth-order valence-electron chi connectivity index (χ4n) is 2.91. The van der Waals surface area contributed by atoms with E-state index >= 15 is 0 Å². The first-order valence-corrected chi connectivity index (χ1v) is 6.08. The fourth-order valence-corrected chi connectivity index (χ4v) is 2.91. The zero-order valence-corrected chi connectivity index (χ0v) is 10.8. The van der Waals surface area contributed by atoms with E-state index in [4.69, 9.17) is 0 Å². The van der Waals surface area contributed by atoms with Crippen LogP contribution in [-0.2, 0) is 0 Å². The molecule has 0 radical (unpaired) electrons. The third-order valence-corrected chi connectivity index (χ3v) is 4.37. The van der Waals surface area contributed by atoms with E-state index in [9.17, 15) is 4.79 Å². The summed E-state index contributed by atoms with van der Waals surface area (Å²) >= 11 is 0. The fraction of sp³-hybridized carbons (Fsp3) is 0.533. The minimum absolute atomic E-state index is 0.180. The van der Waals surface area contributed by atoms with Crippen LogP contribution in [0.2, 0.25) is 0 Å². The maximum atomic E-state index is 11.5. The molecule has 1 heteroatoms. The van der Waals surface area contributed by atoms with Crippen molar-refractivity contribution in [2.45, 2.75) is 46.5 Å². The van der Waals surface area contributed by atoms with Crippen molar-refractivity contribution in [1.82, 2.24) is 0 Å². The van der Waals surface area contributed by atoms with Crippen molar-refractivity contribution in [3.8, 4) is 0 Å². The largest absolute Gasteiger partial charge is 0.295 e. The summed E-state index contributed by atoms with van der Waals surface area (Å²) in [5.74, 6) is 2.05. The molecule has 0 unspecified atom stereocenters. The van der Waals surface area contributed by atoms with E-state index in [2.05, 4.69) is 32.9 Å². The van der Waals surface area contributed by atoms with Gasteiger partial charge >= 0.3 is 0 Å². The molecule has 0 aliphatic heterocycles. The van der Waals surface area contributed by atoms with Crippen LogP contribution >= 0.6 is 0 Å². The highest BCUT2D eigenvalue weighted by atomic mass is 16.1. The molecule has 0 spiro atoms. The van der Waals surface area contributed by atoms with E-state index in [1.165, 1.54) is 11.1 Å². The van der Waals surface area contributed by atoms with Crippen LogP contribution in [0.25, 0.3) is 0 Å². The number of Topliss-reactive ketones (excluding diaryl/α,β-unsaturated/α-hetero) is 1. The third-order valence-electron chi connectivity index (χ3n) is 4.37. The molecule has 0 bridgehead atoms. The Kier molecular flexibility index (Phi) is 2.65. The van der Waals surface area contributed by atoms with Crippen LogP contribution in [0.4, 0.5) is 0 Å². The average molecular weight is 216 g/mol. The van der Waals surface area contributed by atoms with Gasteiger partial charge in [0.15, 0.2) is 5.78 Å². The van der Waals surface area contributed by atoms with Crippen LogP contribution in [0.5, 0.6) is 0 Å². The van der Waals surface area contributed by atoms with Crippen molar-refractivity contribution in [2.24, 2.45) is 5.92 Å². The Hall–Kier alpha value is -1.11. The standard InChI is InChI=1S/C15H20O/c1-8-6-14-10(3)9(2)11(4)15(14)7-13(8)12(5)16/h6-7,9-11H,1-5H3/t9-,10-,11-/m0/s1. The molecule has 2 rings (SSSR count). The second kappa shape index (κ2) is 3.73. The molecule has 0 heterocycles. The lowest BCUT2D eigenvalue weighted by Gasteiger charge is -2.13. The first kappa shape index (κ1) is 11.4. The molecule has 16 heavy (non-hydrogen) atoms. The summed E-state index contributed by atoms with van der Waals surface area (Å²) in [4.78, 5) is 11.5. The summed E-state index contributed by atoms with van der Waals surface area (Å²) in [5.41, 5.74) is 4.85. The average Bonchev–Trinajstić information content (AvgIpc) is 2.43. The minimum Gasteiger partial charge on any atom is -0.295 e. The van der Waals surface area contributed by atoms with Crippen molar-refractivity contribution in [1.29, 1.82) is 0 Å². The maximum absolute atomic E-state index is 11.5. The van der Waals surface area contributed by atoms with E-state index in [1.807, 2.05) is 6.92 Å². The molecule has 1 aliphatic rings. The SMILES string of the molecule is CC(=O)c1cc2c(cc1C)[C@@H](C)[C@H](C)[C@@H]2C. The van der Waals surface area contributed by atoms with E-state index < -0.39 is 0 Å². The zero-order valence-electron chi connectivity index (χ0n) is 10.8. The van der Waals surface area contributed by atoms with Crippen LogP contribution in [0.15, 0.2) is 12.1 Å². The van der Waals surface area contributed by atoms with Crippen LogP contribution in [-0.4, -0.2) is 5.78 Å². The number of benzene rings is 1. The van der Waals surface area contributed by atoms with Gasteiger partial charge in [-0.1, -0.05) is 26.8 Å². The number of carbonyl (C=O) groups excluding carboxylic acids is 1. The number of carbonyl (C=O) groups is 1. The molecule has 0 N–H and O–H groups in total. The summed E-state index contributed by atoms with van der Waals surface area (Å²) in [6.07, 6.45) is 0. The van der Waals surface area contributed by atoms with E-state index in [1.54, 1.807) is 6.92 Å². The molecule has 1 aromatic rings. The zero-order chi connectivity index (χ0) is 12.0. The lowest BCUT2D eigenvalue weighted by molar-refractivity contribution is 0.101. The monoisotopic (exact) mass is 216 g/mol. The summed E-state index contributed by atoms with van der Waals surface area (Å²) in [6.45, 7) is 10.6. The van der Waals surface area contributed by atoms with Crippen LogP contribution in [0.1, 0.15) is 66.6 Å². The lowest BCUT2D eigenvalue weighted by atomic mass is 9.91. The molecule has 1 nitrogen and oxygen atoms in total. The van der Waals surface area contributed by atoms with Gasteiger partial charge in [-0.25, -0.2) is 0 Å². The quantitative estimate of drug-likeness (QED) is 0.647. The molecule has 0 saturated carbocycles. The Balaban J connectivity index is 2.60. The van der Waals surface area contributed by atoms with Crippen molar-refractivity contribution < 1.29 is 4.79 Å². The summed E-state index contributed by atoms with van der Waals surface area (Å²) < 4.78 is 0. The van der Waals surface area contributed by atoms with Gasteiger partial charge in [-0.15, -0.1) is 0 Å². The Morgan fingerprint density at radius 2 is 1.56 bits per heavy atom. The van der Waals surface area contributed by atoms with E-state index in [0.717, 1.165) is 11.1 Å². The molecule has 3 atom stereocenters. The van der Waals surface area contributed by atoms with Crippen molar-refractivity contribution in [3.63, 3.8) is 0 Å².